The number of nitrogens with one attached hydrogen (secondary N) is 1. The first-order valence-electron chi connectivity index (χ1n) is 11.0. The Bertz CT molecular complexity index is 1450. The molecular weight excluding hydrogens is 464 g/mol. The Morgan fingerprint density at radius 3 is 2.37 bits per heavy atom. The Hall–Kier alpha value is -3.96. The molecule has 1 saturated carbocycles. The van der Waals surface area contributed by atoms with Gasteiger partial charge in [-0.1, -0.05) is 4.73 Å². The van der Waals surface area contributed by atoms with Crippen LogP contribution in [0.15, 0.2) is 39.9 Å². The number of nitrogens with zero attached hydrogens (tertiary/aromatic N) is 4. The number of anilines is 1. The lowest BCUT2D eigenvalue weighted by Gasteiger charge is -2.24. The highest BCUT2D eigenvalue weighted by atomic mass is 19.1. The number of alkyl carbamates (subject to hydrolysis) is 1. The molecule has 0 spiro atoms. The van der Waals surface area contributed by atoms with Crippen molar-refractivity contribution in [3.63, 3.8) is 0 Å². The molecule has 1 aliphatic heterocycles. The number of aromatic nitrogens is 3. The molecule has 10 nitrogen and oxygen atoms in total. The van der Waals surface area contributed by atoms with E-state index in [0.29, 0.717) is 13.1 Å². The number of fused-ring (bicyclic) bond motifs is 2. The molecule has 2 aromatic heterocycles. The van der Waals surface area contributed by atoms with E-state index in [0.717, 1.165) is 22.8 Å². The van der Waals surface area contributed by atoms with Crippen LogP contribution in [0.3, 0.4) is 0 Å². The highest BCUT2D eigenvalue weighted by Gasteiger charge is 2.57. The van der Waals surface area contributed by atoms with Crippen molar-refractivity contribution in [3.8, 4) is 5.69 Å². The van der Waals surface area contributed by atoms with E-state index in [-0.39, 0.29) is 45.1 Å². The van der Waals surface area contributed by atoms with E-state index in [1.807, 2.05) is 0 Å². The summed E-state index contributed by atoms with van der Waals surface area (Å²) in [7, 11) is 0. The molecule has 35 heavy (non-hydrogen) atoms. The van der Waals surface area contributed by atoms with Gasteiger partial charge in [-0.25, -0.2) is 27.9 Å². The van der Waals surface area contributed by atoms with Crippen LogP contribution in [0.2, 0.25) is 0 Å². The van der Waals surface area contributed by atoms with Gasteiger partial charge in [0.25, 0.3) is 5.56 Å². The van der Waals surface area contributed by atoms with Crippen LogP contribution < -0.4 is 21.5 Å². The molecule has 2 unspecified atom stereocenters. The average molecular weight is 487 g/mol. The Kier molecular flexibility index (Phi) is 5.08. The van der Waals surface area contributed by atoms with Crippen molar-refractivity contribution >= 4 is 22.9 Å². The zero-order chi connectivity index (χ0) is 25.2. The predicted octanol–water partition coefficient (Wildman–Crippen LogP) is 2.02. The second-order valence-electron chi connectivity index (χ2n) is 9.78. The van der Waals surface area contributed by atoms with Gasteiger partial charge in [0.15, 0.2) is 17.3 Å². The number of amides is 1. The predicted molar refractivity (Wildman–Crippen MR) is 121 cm³/mol. The van der Waals surface area contributed by atoms with Crippen LogP contribution in [0.1, 0.15) is 20.8 Å². The third kappa shape index (κ3) is 3.98. The lowest BCUT2D eigenvalue weighted by molar-refractivity contribution is 0.0518. The van der Waals surface area contributed by atoms with Crippen LogP contribution in [-0.4, -0.2) is 50.3 Å². The first-order chi connectivity index (χ1) is 16.4. The van der Waals surface area contributed by atoms with E-state index in [2.05, 4.69) is 10.3 Å². The maximum atomic E-state index is 15.0. The van der Waals surface area contributed by atoms with Gasteiger partial charge in [-0.15, -0.1) is 0 Å². The molecule has 12 heteroatoms. The van der Waals surface area contributed by atoms with Crippen LogP contribution in [-0.2, 0) is 4.74 Å². The number of benzene rings is 1. The monoisotopic (exact) mass is 487 g/mol. The standard InChI is InChI=1S/C23H23F2N5O5/c1-23(2,3)35-21(32)26-17-14-9-28(10-15(14)17)19-16(25)8-13-18(27-19)29(22(33)30(34)20(13)31)12-6-4-11(24)5-7-12/h4-8,14-15,17,34H,9-10H2,1-3H3,(H,26,32). The van der Waals surface area contributed by atoms with Crippen molar-refractivity contribution < 1.29 is 23.5 Å². The second-order valence-corrected chi connectivity index (χ2v) is 9.78. The van der Waals surface area contributed by atoms with E-state index in [4.69, 9.17) is 4.74 Å². The van der Waals surface area contributed by atoms with Gasteiger partial charge in [0.2, 0.25) is 0 Å². The van der Waals surface area contributed by atoms with Crippen molar-refractivity contribution in [1.29, 1.82) is 0 Å². The molecule has 184 valence electrons. The summed E-state index contributed by atoms with van der Waals surface area (Å²) in [6, 6.07) is 5.61. The molecule has 2 atom stereocenters. The number of hydrogen-bond donors (Lipinski definition) is 2. The lowest BCUT2D eigenvalue weighted by atomic mass is 10.2. The van der Waals surface area contributed by atoms with Crippen molar-refractivity contribution in [2.75, 3.05) is 18.0 Å². The minimum Gasteiger partial charge on any atom is -0.444 e. The summed E-state index contributed by atoms with van der Waals surface area (Å²) in [5.74, 6) is -1.26. The molecule has 0 bridgehead atoms. The highest BCUT2D eigenvalue weighted by Crippen LogP contribution is 2.47. The minimum absolute atomic E-state index is 0.0638. The fourth-order valence-electron chi connectivity index (χ4n) is 4.59. The number of ether oxygens (including phenoxy) is 1. The maximum absolute atomic E-state index is 15.0. The number of rotatable bonds is 3. The Morgan fingerprint density at radius 2 is 1.77 bits per heavy atom. The van der Waals surface area contributed by atoms with Crippen LogP contribution in [0, 0.1) is 23.5 Å². The molecule has 2 aliphatic rings. The molecule has 3 aromatic rings. The van der Waals surface area contributed by atoms with E-state index in [1.165, 1.54) is 12.1 Å². The van der Waals surface area contributed by atoms with Gasteiger partial charge in [0.1, 0.15) is 11.4 Å². The van der Waals surface area contributed by atoms with E-state index in [9.17, 15) is 24.0 Å². The van der Waals surface area contributed by atoms with Crippen molar-refractivity contribution in [2.24, 2.45) is 11.8 Å². The summed E-state index contributed by atoms with van der Waals surface area (Å²) in [5.41, 5.74) is -2.89. The lowest BCUT2D eigenvalue weighted by Crippen LogP contribution is -2.39. The largest absolute Gasteiger partial charge is 0.444 e. The Balaban J connectivity index is 1.47. The van der Waals surface area contributed by atoms with Crippen molar-refractivity contribution in [2.45, 2.75) is 32.4 Å². The third-order valence-corrected chi connectivity index (χ3v) is 6.21. The first kappa shape index (κ1) is 22.8. The highest BCUT2D eigenvalue weighted by molar-refractivity contribution is 5.78. The van der Waals surface area contributed by atoms with Gasteiger partial charge < -0.3 is 20.2 Å². The summed E-state index contributed by atoms with van der Waals surface area (Å²) < 4.78 is 34.5. The molecule has 5 rings (SSSR count). The molecule has 1 saturated heterocycles. The summed E-state index contributed by atoms with van der Waals surface area (Å²) >= 11 is 0. The topological polar surface area (TPSA) is 119 Å². The van der Waals surface area contributed by atoms with Gasteiger partial charge in [0, 0.05) is 31.0 Å². The third-order valence-electron chi connectivity index (χ3n) is 6.21. The fourth-order valence-corrected chi connectivity index (χ4v) is 4.59. The van der Waals surface area contributed by atoms with Crippen LogP contribution in [0.25, 0.3) is 16.7 Å². The second kappa shape index (κ2) is 7.79. The summed E-state index contributed by atoms with van der Waals surface area (Å²) in [4.78, 5) is 43.2. The van der Waals surface area contributed by atoms with Crippen molar-refractivity contribution in [1.82, 2.24) is 19.6 Å². The Morgan fingerprint density at radius 1 is 1.14 bits per heavy atom. The van der Waals surface area contributed by atoms with Crippen LogP contribution in [0.4, 0.5) is 19.4 Å². The molecule has 3 heterocycles. The molecule has 1 aliphatic carbocycles. The molecular formula is C23H23F2N5O5. The van der Waals surface area contributed by atoms with Gasteiger partial charge in [0.05, 0.1) is 11.1 Å². The smallest absolute Gasteiger partial charge is 0.407 e. The fraction of sp³-hybridized carbons (Fsp3) is 0.391. The van der Waals surface area contributed by atoms with Crippen LogP contribution in [0.5, 0.6) is 0 Å². The quantitative estimate of drug-likeness (QED) is 0.543. The molecule has 1 aromatic carbocycles. The minimum atomic E-state index is -1.12. The molecule has 1 amide bonds. The zero-order valence-corrected chi connectivity index (χ0v) is 19.2. The van der Waals surface area contributed by atoms with Gasteiger partial charge in [-0.05, 0) is 51.1 Å². The molecule has 2 N–H and O–H groups in total. The van der Waals surface area contributed by atoms with Crippen molar-refractivity contribution in [3.05, 3.63) is 62.8 Å². The van der Waals surface area contributed by atoms with Crippen LogP contribution >= 0.6 is 0 Å². The van der Waals surface area contributed by atoms with E-state index >= 15 is 4.39 Å². The molecule has 2 fully saturated rings. The summed E-state index contributed by atoms with van der Waals surface area (Å²) in [6.45, 7) is 6.12. The molecule has 0 radical (unpaired) electrons. The normalized spacial score (nSPS) is 21.2. The summed E-state index contributed by atoms with van der Waals surface area (Å²) in [5, 5.41) is 12.5. The Labute approximate surface area is 197 Å². The number of piperidine rings is 1. The average Bonchev–Trinajstić information content (AvgIpc) is 3.20. The van der Waals surface area contributed by atoms with Gasteiger partial charge >= 0.3 is 11.8 Å². The number of pyridine rings is 1. The SMILES string of the molecule is CC(C)(C)OC(=O)NC1C2CN(c3nc4c(cc3F)c(=O)n(O)c(=O)n4-c3ccc(F)cc3)CC21. The van der Waals surface area contributed by atoms with Gasteiger partial charge in [-0.2, -0.15) is 0 Å². The van der Waals surface area contributed by atoms with Gasteiger partial charge in [-0.3, -0.25) is 4.79 Å². The number of halogens is 2. The van der Waals surface area contributed by atoms with E-state index < -0.39 is 34.6 Å². The first-order valence-corrected chi connectivity index (χ1v) is 11.0. The number of carbonyl (C=O) groups excluding carboxylic acids is 1. The number of hydrogen-bond acceptors (Lipinski definition) is 7. The summed E-state index contributed by atoms with van der Waals surface area (Å²) in [6.07, 6.45) is -0.512. The van der Waals surface area contributed by atoms with E-state index in [1.54, 1.807) is 25.7 Å². The maximum Gasteiger partial charge on any atom is 0.407 e. The number of carbonyl (C=O) groups is 1. The zero-order valence-electron chi connectivity index (χ0n) is 19.2.